The smallest absolute Gasteiger partial charge is 0.0541 e. The van der Waals surface area contributed by atoms with Crippen LogP contribution in [0.5, 0.6) is 0 Å². The van der Waals surface area contributed by atoms with Crippen LogP contribution in [0.3, 0.4) is 0 Å². The fraction of sp³-hybridized carbons (Fsp3) is 0.0204. The Morgan fingerprint density at radius 3 is 1.57 bits per heavy atom. The van der Waals surface area contributed by atoms with Gasteiger partial charge >= 0.3 is 0 Å². The Morgan fingerprint density at radius 1 is 0.451 bits per heavy atom. The molecule has 2 nitrogen and oxygen atoms in total. The molecule has 51 heavy (non-hydrogen) atoms. The molecule has 0 spiro atoms. The standard InChI is InChI=1S/C49H36N2/c1-3-14-34(15-4-2)36-18-12-20-40(30-36)50-46-24-10-8-22-42(46)44-32-38(26-28-48(44)50)39-27-29-49-45(33-39)43-23-9-11-25-47(43)51(49)41-21-13-19-37(31-41)35-16-6-5-7-17-35/h3-33H,1H2,2H3/b15-4-,34-14+. The van der Waals surface area contributed by atoms with Gasteiger partial charge in [0.2, 0.25) is 0 Å². The van der Waals surface area contributed by atoms with Crippen LogP contribution < -0.4 is 0 Å². The van der Waals surface area contributed by atoms with E-state index in [-0.39, 0.29) is 0 Å². The predicted molar refractivity (Wildman–Crippen MR) is 219 cm³/mol. The van der Waals surface area contributed by atoms with Crippen LogP contribution in [0, 0.1) is 0 Å². The monoisotopic (exact) mass is 652 g/mol. The minimum Gasteiger partial charge on any atom is -0.309 e. The molecule has 9 aromatic rings. The van der Waals surface area contributed by atoms with E-state index in [1.165, 1.54) is 65.9 Å². The highest BCUT2D eigenvalue weighted by Gasteiger charge is 2.16. The first-order chi connectivity index (χ1) is 25.2. The van der Waals surface area contributed by atoms with E-state index >= 15 is 0 Å². The Morgan fingerprint density at radius 2 is 0.961 bits per heavy atom. The third-order valence-electron chi connectivity index (χ3n) is 9.97. The fourth-order valence-corrected chi connectivity index (χ4v) is 7.70. The summed E-state index contributed by atoms with van der Waals surface area (Å²) < 4.78 is 4.79. The Balaban J connectivity index is 1.19. The van der Waals surface area contributed by atoms with Crippen molar-refractivity contribution in [2.75, 3.05) is 0 Å². The molecule has 0 saturated carbocycles. The average Bonchev–Trinajstić information content (AvgIpc) is 3.70. The van der Waals surface area contributed by atoms with Crippen LogP contribution >= 0.6 is 0 Å². The van der Waals surface area contributed by atoms with E-state index in [0.29, 0.717) is 0 Å². The molecule has 0 unspecified atom stereocenters. The van der Waals surface area contributed by atoms with Crippen molar-refractivity contribution in [1.29, 1.82) is 0 Å². The van der Waals surface area contributed by atoms with Crippen LogP contribution in [0.1, 0.15) is 12.5 Å². The van der Waals surface area contributed by atoms with Gasteiger partial charge in [-0.3, -0.25) is 0 Å². The van der Waals surface area contributed by atoms with E-state index in [0.717, 1.165) is 22.5 Å². The van der Waals surface area contributed by atoms with Gasteiger partial charge in [-0.05, 0) is 101 Å². The lowest BCUT2D eigenvalue weighted by atomic mass is 10.0. The molecule has 7 aromatic carbocycles. The summed E-state index contributed by atoms with van der Waals surface area (Å²) in [5.41, 5.74) is 14.2. The predicted octanol–water partition coefficient (Wildman–Crippen LogP) is 13.4. The maximum atomic E-state index is 3.94. The second kappa shape index (κ2) is 12.7. The molecule has 2 heteroatoms. The second-order valence-corrected chi connectivity index (χ2v) is 13.0. The molecule has 2 aromatic heterocycles. The molecule has 242 valence electrons. The van der Waals surface area contributed by atoms with Crippen LogP contribution in [0.2, 0.25) is 0 Å². The Hall–Kier alpha value is -6.64. The minimum atomic E-state index is 1.14. The number of fused-ring (bicyclic) bond motifs is 6. The number of hydrogen-bond acceptors (Lipinski definition) is 0. The van der Waals surface area contributed by atoms with E-state index < -0.39 is 0 Å². The molecule has 9 rings (SSSR count). The first kappa shape index (κ1) is 30.4. The van der Waals surface area contributed by atoms with Crippen molar-refractivity contribution in [2.24, 2.45) is 0 Å². The van der Waals surface area contributed by atoms with Gasteiger partial charge < -0.3 is 9.13 Å². The van der Waals surface area contributed by atoms with Gasteiger partial charge in [-0.2, -0.15) is 0 Å². The molecule has 2 heterocycles. The molecule has 0 radical (unpaired) electrons. The number of aromatic nitrogens is 2. The van der Waals surface area contributed by atoms with Gasteiger partial charge in [-0.25, -0.2) is 0 Å². The van der Waals surface area contributed by atoms with E-state index in [4.69, 9.17) is 0 Å². The number of benzene rings is 7. The first-order valence-corrected chi connectivity index (χ1v) is 17.5. The van der Waals surface area contributed by atoms with Crippen molar-refractivity contribution in [3.63, 3.8) is 0 Å². The van der Waals surface area contributed by atoms with Gasteiger partial charge in [-0.1, -0.05) is 134 Å². The zero-order chi connectivity index (χ0) is 34.3. The number of para-hydroxylation sites is 2. The van der Waals surface area contributed by atoms with E-state index in [1.807, 2.05) is 13.0 Å². The Labute approximate surface area is 298 Å². The summed E-state index contributed by atoms with van der Waals surface area (Å²) in [5.74, 6) is 0. The fourth-order valence-electron chi connectivity index (χ4n) is 7.70. The van der Waals surface area contributed by atoms with Crippen LogP contribution in [-0.2, 0) is 0 Å². The molecule has 0 fully saturated rings. The molecule has 0 bridgehead atoms. The maximum absolute atomic E-state index is 3.94. The maximum Gasteiger partial charge on any atom is 0.0541 e. The first-order valence-electron chi connectivity index (χ1n) is 17.5. The van der Waals surface area contributed by atoms with Crippen LogP contribution in [0.4, 0.5) is 0 Å². The van der Waals surface area contributed by atoms with Gasteiger partial charge in [0.25, 0.3) is 0 Å². The van der Waals surface area contributed by atoms with Crippen molar-refractivity contribution >= 4 is 49.2 Å². The summed E-state index contributed by atoms with van der Waals surface area (Å²) >= 11 is 0. The molecular weight excluding hydrogens is 617 g/mol. The lowest BCUT2D eigenvalue weighted by Gasteiger charge is -2.11. The number of allylic oxidation sites excluding steroid dienone is 5. The quantitative estimate of drug-likeness (QED) is 0.152. The van der Waals surface area contributed by atoms with Gasteiger partial charge in [-0.15, -0.1) is 0 Å². The van der Waals surface area contributed by atoms with E-state index in [1.54, 1.807) is 0 Å². The van der Waals surface area contributed by atoms with Crippen molar-refractivity contribution in [3.05, 3.63) is 200 Å². The normalized spacial score (nSPS) is 12.1. The molecule has 0 aliphatic rings. The number of rotatable bonds is 7. The van der Waals surface area contributed by atoms with Crippen molar-refractivity contribution in [2.45, 2.75) is 6.92 Å². The van der Waals surface area contributed by atoms with E-state index in [2.05, 4.69) is 198 Å². The third-order valence-corrected chi connectivity index (χ3v) is 9.97. The topological polar surface area (TPSA) is 9.86 Å². The van der Waals surface area contributed by atoms with Gasteiger partial charge in [0.05, 0.1) is 22.1 Å². The summed E-state index contributed by atoms with van der Waals surface area (Å²) in [6.45, 7) is 5.99. The lowest BCUT2D eigenvalue weighted by Crippen LogP contribution is -1.95. The second-order valence-electron chi connectivity index (χ2n) is 13.0. The molecule has 0 atom stereocenters. The molecule has 0 N–H and O–H groups in total. The van der Waals surface area contributed by atoms with E-state index in [9.17, 15) is 0 Å². The molecular formula is C49H36N2. The summed E-state index contributed by atoms with van der Waals surface area (Å²) in [6.07, 6.45) is 8.12. The highest BCUT2D eigenvalue weighted by molar-refractivity contribution is 6.12. The molecule has 0 amide bonds. The van der Waals surface area contributed by atoms with Gasteiger partial charge in [0.15, 0.2) is 0 Å². The third kappa shape index (κ3) is 5.21. The molecule has 0 aliphatic heterocycles. The summed E-state index contributed by atoms with van der Waals surface area (Å²) in [5, 5.41) is 4.98. The Kier molecular flexibility index (Phi) is 7.56. The SMILES string of the molecule is C=C/C=C(\C=C/C)c1cccc(-n2c3ccccc3c3cc(-c4ccc5c(c4)c4ccccc4n5-c4cccc(-c5ccccc5)c4)ccc32)c1. The van der Waals surface area contributed by atoms with Crippen LogP contribution in [0.15, 0.2) is 195 Å². The largest absolute Gasteiger partial charge is 0.309 e. The van der Waals surface area contributed by atoms with Crippen molar-refractivity contribution < 1.29 is 0 Å². The van der Waals surface area contributed by atoms with Gasteiger partial charge in [0.1, 0.15) is 0 Å². The molecule has 0 aliphatic carbocycles. The molecule has 0 saturated heterocycles. The van der Waals surface area contributed by atoms with Crippen LogP contribution in [0.25, 0.3) is 82.8 Å². The highest BCUT2D eigenvalue weighted by atomic mass is 15.0. The van der Waals surface area contributed by atoms with Crippen molar-refractivity contribution in [3.8, 4) is 33.6 Å². The lowest BCUT2D eigenvalue weighted by molar-refractivity contribution is 1.18. The zero-order valence-corrected chi connectivity index (χ0v) is 28.5. The zero-order valence-electron chi connectivity index (χ0n) is 28.5. The number of nitrogens with zero attached hydrogens (tertiary/aromatic N) is 2. The highest BCUT2D eigenvalue weighted by Crippen LogP contribution is 2.39. The summed E-state index contributed by atoms with van der Waals surface area (Å²) in [4.78, 5) is 0. The van der Waals surface area contributed by atoms with Crippen molar-refractivity contribution in [1.82, 2.24) is 9.13 Å². The summed E-state index contributed by atoms with van der Waals surface area (Å²) in [7, 11) is 0. The summed E-state index contributed by atoms with van der Waals surface area (Å²) in [6, 6.07) is 59.6. The Bertz CT molecular complexity index is 2820. The van der Waals surface area contributed by atoms with Crippen LogP contribution in [-0.4, -0.2) is 9.13 Å². The van der Waals surface area contributed by atoms with Gasteiger partial charge in [0, 0.05) is 32.9 Å². The minimum absolute atomic E-state index is 1.14. The average molecular weight is 653 g/mol. The number of hydrogen-bond donors (Lipinski definition) is 0.